The van der Waals surface area contributed by atoms with Gasteiger partial charge in [0.25, 0.3) is 0 Å². The lowest BCUT2D eigenvalue weighted by Crippen LogP contribution is -2.24. The zero-order chi connectivity index (χ0) is 27.1. The van der Waals surface area contributed by atoms with Gasteiger partial charge in [-0.15, -0.1) is 0 Å². The minimum atomic E-state index is -0.778. The summed E-state index contributed by atoms with van der Waals surface area (Å²) >= 11 is 0. The summed E-state index contributed by atoms with van der Waals surface area (Å²) < 4.78 is 5.72. The van der Waals surface area contributed by atoms with Crippen molar-refractivity contribution in [1.29, 1.82) is 0 Å². The summed E-state index contributed by atoms with van der Waals surface area (Å²) in [4.78, 5) is 11.5. The first-order chi connectivity index (χ1) is 18.2. The van der Waals surface area contributed by atoms with Gasteiger partial charge >= 0.3 is 5.97 Å². The molecule has 3 heteroatoms. The summed E-state index contributed by atoms with van der Waals surface area (Å²) in [6.07, 6.45) is 37.4. The maximum atomic E-state index is 11.5. The van der Waals surface area contributed by atoms with Crippen LogP contribution in [0.15, 0.2) is 0 Å². The predicted octanol–water partition coefficient (Wildman–Crippen LogP) is 11.8. The monoisotopic (exact) mass is 525 g/mol. The molecule has 0 saturated heterocycles. The van der Waals surface area contributed by atoms with Crippen LogP contribution in [0.5, 0.6) is 0 Å². The number of hydrogen-bond acceptors (Lipinski definition) is 2. The fourth-order valence-corrected chi connectivity index (χ4v) is 5.32. The minimum absolute atomic E-state index is 0.598. The fraction of sp³-hybridized carbons (Fsp3) is 0.971. The molecule has 0 spiro atoms. The molecule has 0 aromatic heterocycles. The third kappa shape index (κ3) is 29.8. The smallest absolute Gasteiger partial charge is 0.332 e. The van der Waals surface area contributed by atoms with E-state index in [1.807, 2.05) is 0 Å². The zero-order valence-corrected chi connectivity index (χ0v) is 25.6. The largest absolute Gasteiger partial charge is 0.479 e. The lowest BCUT2D eigenvalue weighted by atomic mass is 10.0. The lowest BCUT2D eigenvalue weighted by Gasteiger charge is -2.13. The van der Waals surface area contributed by atoms with Crippen LogP contribution in [0.1, 0.15) is 200 Å². The summed E-state index contributed by atoms with van der Waals surface area (Å²) in [7, 11) is 0. The second kappa shape index (κ2) is 31.6. The molecule has 0 aromatic rings. The van der Waals surface area contributed by atoms with Crippen LogP contribution in [0.2, 0.25) is 0 Å². The first kappa shape index (κ1) is 36.4. The highest BCUT2D eigenvalue weighted by atomic mass is 16.5. The Morgan fingerprint density at radius 2 is 0.730 bits per heavy atom. The molecule has 222 valence electrons. The number of rotatable bonds is 32. The normalized spacial score (nSPS) is 12.3. The zero-order valence-electron chi connectivity index (χ0n) is 25.6. The number of unbranched alkanes of at least 4 members (excludes halogenated alkanes) is 26. The van der Waals surface area contributed by atoms with Gasteiger partial charge in [-0.05, 0) is 12.8 Å². The molecule has 0 aliphatic heterocycles. The van der Waals surface area contributed by atoms with Gasteiger partial charge in [0.05, 0.1) is 0 Å². The highest BCUT2D eigenvalue weighted by Crippen LogP contribution is 2.16. The number of ether oxygens (including phenoxy) is 1. The Hall–Kier alpha value is -0.570. The number of aliphatic carboxylic acids is 1. The van der Waals surface area contributed by atoms with Gasteiger partial charge < -0.3 is 9.84 Å². The Morgan fingerprint density at radius 3 is 1.03 bits per heavy atom. The average Bonchev–Trinajstić information content (AvgIpc) is 2.89. The Morgan fingerprint density at radius 1 is 0.459 bits per heavy atom. The molecule has 0 rings (SSSR count). The predicted molar refractivity (Wildman–Crippen MR) is 163 cm³/mol. The average molecular weight is 525 g/mol. The molecule has 37 heavy (non-hydrogen) atoms. The SMILES string of the molecule is CCCCCCCCCCCCCCCCOC(CCCCCCCCCCCCCCCC)C(=O)O. The van der Waals surface area contributed by atoms with Crippen molar-refractivity contribution < 1.29 is 14.6 Å². The lowest BCUT2D eigenvalue weighted by molar-refractivity contribution is -0.151. The maximum Gasteiger partial charge on any atom is 0.332 e. The maximum absolute atomic E-state index is 11.5. The number of carboxylic acids is 1. The topological polar surface area (TPSA) is 46.5 Å². The molecular weight excluding hydrogens is 456 g/mol. The van der Waals surface area contributed by atoms with E-state index in [1.54, 1.807) is 0 Å². The summed E-state index contributed by atoms with van der Waals surface area (Å²) in [6, 6.07) is 0. The quantitative estimate of drug-likeness (QED) is 0.0890. The van der Waals surface area contributed by atoms with Crippen molar-refractivity contribution in [3.05, 3.63) is 0 Å². The Labute approximate surface area is 233 Å². The van der Waals surface area contributed by atoms with Gasteiger partial charge in [-0.25, -0.2) is 4.79 Å². The van der Waals surface area contributed by atoms with Crippen molar-refractivity contribution in [1.82, 2.24) is 0 Å². The summed E-state index contributed by atoms with van der Waals surface area (Å²) in [5.41, 5.74) is 0. The van der Waals surface area contributed by atoms with Crippen LogP contribution in [0.4, 0.5) is 0 Å². The molecule has 0 bridgehead atoms. The molecule has 3 nitrogen and oxygen atoms in total. The Bertz CT molecular complexity index is 437. The highest BCUT2D eigenvalue weighted by Gasteiger charge is 2.17. The molecule has 0 saturated carbocycles. The van der Waals surface area contributed by atoms with E-state index in [0.29, 0.717) is 13.0 Å². The van der Waals surface area contributed by atoms with E-state index in [9.17, 15) is 9.90 Å². The van der Waals surface area contributed by atoms with Gasteiger partial charge in [0.1, 0.15) is 0 Å². The van der Waals surface area contributed by atoms with E-state index in [0.717, 1.165) is 19.3 Å². The van der Waals surface area contributed by atoms with Crippen LogP contribution in [-0.4, -0.2) is 23.8 Å². The number of hydrogen-bond donors (Lipinski definition) is 1. The number of carboxylic acid groups (broad SMARTS) is 1. The van der Waals surface area contributed by atoms with E-state index in [4.69, 9.17) is 4.74 Å². The van der Waals surface area contributed by atoms with Gasteiger partial charge in [-0.1, -0.05) is 187 Å². The van der Waals surface area contributed by atoms with Gasteiger partial charge in [0.2, 0.25) is 0 Å². The van der Waals surface area contributed by atoms with Crippen molar-refractivity contribution in [2.24, 2.45) is 0 Å². The summed E-state index contributed by atoms with van der Waals surface area (Å²) in [5, 5.41) is 9.47. The molecule has 0 aliphatic rings. The van der Waals surface area contributed by atoms with Crippen molar-refractivity contribution >= 4 is 5.97 Å². The van der Waals surface area contributed by atoms with Crippen LogP contribution < -0.4 is 0 Å². The van der Waals surface area contributed by atoms with Crippen LogP contribution in [-0.2, 0) is 9.53 Å². The van der Waals surface area contributed by atoms with Crippen LogP contribution in [0, 0.1) is 0 Å². The molecule has 1 unspecified atom stereocenters. The molecule has 1 atom stereocenters. The molecule has 0 fully saturated rings. The molecular formula is C34H68O3. The van der Waals surface area contributed by atoms with Crippen molar-refractivity contribution in [3.8, 4) is 0 Å². The number of carbonyl (C=O) groups is 1. The van der Waals surface area contributed by atoms with E-state index in [1.165, 1.54) is 161 Å². The molecule has 0 aromatic carbocycles. The standard InChI is InChI=1S/C34H68O3/c1-3-5-7-9-11-13-15-17-19-21-23-25-27-29-31-33(34(35)36)37-32-30-28-26-24-22-20-18-16-14-12-10-8-6-4-2/h33H,3-32H2,1-2H3,(H,35,36). The molecule has 0 radical (unpaired) electrons. The van der Waals surface area contributed by atoms with Crippen molar-refractivity contribution in [2.75, 3.05) is 6.61 Å². The van der Waals surface area contributed by atoms with Gasteiger partial charge in [-0.2, -0.15) is 0 Å². The van der Waals surface area contributed by atoms with Gasteiger partial charge in [0.15, 0.2) is 6.10 Å². The van der Waals surface area contributed by atoms with Crippen molar-refractivity contribution in [3.63, 3.8) is 0 Å². The van der Waals surface area contributed by atoms with Gasteiger partial charge in [-0.3, -0.25) is 0 Å². The summed E-state index contributed by atoms with van der Waals surface area (Å²) in [6.45, 7) is 5.16. The molecule has 0 amide bonds. The second-order valence-corrected chi connectivity index (χ2v) is 11.7. The van der Waals surface area contributed by atoms with Crippen LogP contribution in [0.25, 0.3) is 0 Å². The van der Waals surface area contributed by atoms with Crippen molar-refractivity contribution in [2.45, 2.75) is 206 Å². The first-order valence-electron chi connectivity index (χ1n) is 17.1. The Balaban J connectivity index is 3.39. The van der Waals surface area contributed by atoms with E-state index in [2.05, 4.69) is 13.8 Å². The highest BCUT2D eigenvalue weighted by molar-refractivity contribution is 5.72. The van der Waals surface area contributed by atoms with Gasteiger partial charge in [0, 0.05) is 6.61 Å². The second-order valence-electron chi connectivity index (χ2n) is 11.7. The molecule has 1 N–H and O–H groups in total. The first-order valence-corrected chi connectivity index (χ1v) is 17.1. The van der Waals surface area contributed by atoms with Crippen LogP contribution >= 0.6 is 0 Å². The van der Waals surface area contributed by atoms with E-state index >= 15 is 0 Å². The Kier molecular flexibility index (Phi) is 31.2. The van der Waals surface area contributed by atoms with Crippen LogP contribution in [0.3, 0.4) is 0 Å². The molecule has 0 heterocycles. The van der Waals surface area contributed by atoms with E-state index in [-0.39, 0.29) is 0 Å². The molecule has 0 aliphatic carbocycles. The third-order valence-corrected chi connectivity index (χ3v) is 7.91. The third-order valence-electron chi connectivity index (χ3n) is 7.91. The minimum Gasteiger partial charge on any atom is -0.479 e. The van der Waals surface area contributed by atoms with E-state index < -0.39 is 12.1 Å². The fourth-order valence-electron chi connectivity index (χ4n) is 5.32. The summed E-state index contributed by atoms with van der Waals surface area (Å²) in [5.74, 6) is -0.778.